The zero-order valence-electron chi connectivity index (χ0n) is 20.1. The van der Waals surface area contributed by atoms with Crippen LogP contribution in [-0.2, 0) is 16.2 Å². The van der Waals surface area contributed by atoms with Gasteiger partial charge in [-0.05, 0) is 76.1 Å². The van der Waals surface area contributed by atoms with Crippen LogP contribution in [0.2, 0.25) is 10.0 Å². The molecule has 0 aromatic heterocycles. The van der Waals surface area contributed by atoms with E-state index >= 15 is 0 Å². The summed E-state index contributed by atoms with van der Waals surface area (Å²) in [7, 11) is 0. The Labute approximate surface area is 237 Å². The summed E-state index contributed by atoms with van der Waals surface area (Å²) in [6.45, 7) is -0.235. The third kappa shape index (κ3) is 6.09. The average molecular weight is 581 g/mol. The number of hydrogen-bond donors (Lipinski definition) is 1. The first-order valence-electron chi connectivity index (χ1n) is 11.7. The smallest absolute Gasteiger partial charge is 0.294 e. The molecule has 1 fully saturated rings. The lowest BCUT2D eigenvalue weighted by Gasteiger charge is -2.13. The SMILES string of the molecule is O=C(CN1C(=O)S/C(=C\c2cc(Cl)c(OCc3cccc4ccccc34)c(Cl)c2)C1=O)Nc1ccc(F)cc1. The number of nitrogens with one attached hydrogen (secondary N) is 1. The van der Waals surface area contributed by atoms with E-state index in [4.69, 9.17) is 27.9 Å². The average Bonchev–Trinajstić information content (AvgIpc) is 3.16. The molecule has 0 atom stereocenters. The maximum absolute atomic E-state index is 13.1. The van der Waals surface area contributed by atoms with Gasteiger partial charge < -0.3 is 10.1 Å². The Morgan fingerprint density at radius 2 is 1.67 bits per heavy atom. The molecule has 0 saturated carbocycles. The topological polar surface area (TPSA) is 75.7 Å². The van der Waals surface area contributed by atoms with Gasteiger partial charge in [0.1, 0.15) is 19.0 Å². The van der Waals surface area contributed by atoms with E-state index in [1.54, 1.807) is 12.1 Å². The lowest BCUT2D eigenvalue weighted by atomic mass is 10.1. The highest BCUT2D eigenvalue weighted by Crippen LogP contribution is 2.38. The van der Waals surface area contributed by atoms with E-state index in [1.165, 1.54) is 30.3 Å². The number of halogens is 3. The highest BCUT2D eigenvalue weighted by molar-refractivity contribution is 8.18. The van der Waals surface area contributed by atoms with Gasteiger partial charge in [0.2, 0.25) is 5.91 Å². The van der Waals surface area contributed by atoms with Crippen LogP contribution in [0.15, 0.2) is 83.8 Å². The van der Waals surface area contributed by atoms with Crippen LogP contribution in [0.1, 0.15) is 11.1 Å². The summed E-state index contributed by atoms with van der Waals surface area (Å²) >= 11 is 13.6. The number of thioether (sulfide) groups is 1. The minimum Gasteiger partial charge on any atom is -0.486 e. The molecule has 0 spiro atoms. The summed E-state index contributed by atoms with van der Waals surface area (Å²) < 4.78 is 19.0. The second kappa shape index (κ2) is 11.5. The summed E-state index contributed by atoms with van der Waals surface area (Å²) in [5.74, 6) is -1.37. The van der Waals surface area contributed by atoms with Crippen molar-refractivity contribution in [1.29, 1.82) is 0 Å². The molecule has 10 heteroatoms. The third-order valence-electron chi connectivity index (χ3n) is 5.87. The van der Waals surface area contributed by atoms with E-state index in [9.17, 15) is 18.8 Å². The molecule has 4 aromatic carbocycles. The van der Waals surface area contributed by atoms with Gasteiger partial charge in [-0.3, -0.25) is 19.3 Å². The molecule has 39 heavy (non-hydrogen) atoms. The lowest BCUT2D eigenvalue weighted by Crippen LogP contribution is -2.36. The maximum atomic E-state index is 13.1. The van der Waals surface area contributed by atoms with Crippen LogP contribution in [0.4, 0.5) is 14.9 Å². The van der Waals surface area contributed by atoms with Crippen molar-refractivity contribution in [2.45, 2.75) is 6.61 Å². The van der Waals surface area contributed by atoms with Gasteiger partial charge in [-0.2, -0.15) is 0 Å². The number of ether oxygens (including phenoxy) is 1. The van der Waals surface area contributed by atoms with Crippen LogP contribution in [0, 0.1) is 5.82 Å². The van der Waals surface area contributed by atoms with Gasteiger partial charge in [0, 0.05) is 5.69 Å². The largest absolute Gasteiger partial charge is 0.486 e. The lowest BCUT2D eigenvalue weighted by molar-refractivity contribution is -0.127. The number of rotatable bonds is 7. The number of imide groups is 1. The van der Waals surface area contributed by atoms with Crippen molar-refractivity contribution in [3.63, 3.8) is 0 Å². The van der Waals surface area contributed by atoms with Crippen molar-refractivity contribution in [3.05, 3.63) is 111 Å². The van der Waals surface area contributed by atoms with E-state index in [0.29, 0.717) is 28.8 Å². The number of benzene rings is 4. The van der Waals surface area contributed by atoms with Gasteiger partial charge in [0.15, 0.2) is 5.75 Å². The minimum absolute atomic E-state index is 0.117. The summed E-state index contributed by atoms with van der Waals surface area (Å²) in [4.78, 5) is 38.6. The predicted octanol–water partition coefficient (Wildman–Crippen LogP) is 7.54. The number of carbonyl (C=O) groups is 3. The van der Waals surface area contributed by atoms with E-state index in [0.717, 1.165) is 21.2 Å². The number of carbonyl (C=O) groups excluding carboxylic acids is 3. The van der Waals surface area contributed by atoms with Crippen molar-refractivity contribution in [2.75, 3.05) is 11.9 Å². The molecule has 0 unspecified atom stereocenters. The van der Waals surface area contributed by atoms with E-state index in [1.807, 2.05) is 42.5 Å². The Morgan fingerprint density at radius 3 is 2.41 bits per heavy atom. The fourth-order valence-corrected chi connectivity index (χ4v) is 5.49. The van der Waals surface area contributed by atoms with E-state index in [-0.39, 0.29) is 21.6 Å². The molecule has 0 radical (unpaired) electrons. The Hall–Kier alpha value is -3.85. The number of anilines is 1. The number of fused-ring (bicyclic) bond motifs is 1. The zero-order valence-corrected chi connectivity index (χ0v) is 22.4. The molecule has 1 saturated heterocycles. The standard InChI is InChI=1S/C29H19Cl2FN2O4S/c30-23-12-17(13-24(31)27(23)38-16-19-6-3-5-18-4-1-2-7-22(18)19)14-25-28(36)34(29(37)39-25)15-26(35)33-21-10-8-20(32)9-11-21/h1-14H,15-16H2,(H,33,35)/b25-14-. The summed E-state index contributed by atoms with van der Waals surface area (Å²) in [6, 6.07) is 22.2. The van der Waals surface area contributed by atoms with Crippen LogP contribution in [-0.4, -0.2) is 28.5 Å². The molecule has 0 aliphatic carbocycles. The molecule has 3 amide bonds. The molecule has 196 valence electrons. The monoisotopic (exact) mass is 580 g/mol. The predicted molar refractivity (Wildman–Crippen MR) is 152 cm³/mol. The fourth-order valence-electron chi connectivity index (χ4n) is 4.03. The Morgan fingerprint density at radius 1 is 0.974 bits per heavy atom. The molecule has 1 heterocycles. The first kappa shape index (κ1) is 26.7. The number of hydrogen-bond acceptors (Lipinski definition) is 5. The number of amides is 3. The second-order valence-electron chi connectivity index (χ2n) is 8.56. The van der Waals surface area contributed by atoms with Gasteiger partial charge in [-0.25, -0.2) is 4.39 Å². The van der Waals surface area contributed by atoms with Crippen molar-refractivity contribution >= 4 is 74.6 Å². The zero-order chi connectivity index (χ0) is 27.5. The van der Waals surface area contributed by atoms with Crippen LogP contribution in [0.3, 0.4) is 0 Å². The first-order chi connectivity index (χ1) is 18.8. The molecule has 1 N–H and O–H groups in total. The molecular formula is C29H19Cl2FN2O4S. The fraction of sp³-hybridized carbons (Fsp3) is 0.0690. The van der Waals surface area contributed by atoms with Gasteiger partial charge in [0.25, 0.3) is 11.1 Å². The van der Waals surface area contributed by atoms with E-state index < -0.39 is 29.4 Å². The highest BCUT2D eigenvalue weighted by Gasteiger charge is 2.36. The number of nitrogens with zero attached hydrogens (tertiary/aromatic N) is 1. The van der Waals surface area contributed by atoms with Gasteiger partial charge in [-0.15, -0.1) is 0 Å². The molecule has 0 bridgehead atoms. The molecule has 4 aromatic rings. The van der Waals surface area contributed by atoms with Crippen molar-refractivity contribution in [3.8, 4) is 5.75 Å². The summed E-state index contributed by atoms with van der Waals surface area (Å²) in [5, 5.41) is 4.57. The molecule has 1 aliphatic heterocycles. The first-order valence-corrected chi connectivity index (χ1v) is 13.2. The molecule has 1 aliphatic rings. The van der Waals surface area contributed by atoms with Crippen molar-refractivity contribution in [2.24, 2.45) is 0 Å². The highest BCUT2D eigenvalue weighted by atomic mass is 35.5. The quantitative estimate of drug-likeness (QED) is 0.228. The molecular weight excluding hydrogens is 562 g/mol. The second-order valence-corrected chi connectivity index (χ2v) is 10.4. The van der Waals surface area contributed by atoms with Gasteiger partial charge >= 0.3 is 0 Å². The van der Waals surface area contributed by atoms with Crippen molar-refractivity contribution < 1.29 is 23.5 Å². The summed E-state index contributed by atoms with van der Waals surface area (Å²) in [5.41, 5.74) is 1.81. The van der Waals surface area contributed by atoms with Crippen LogP contribution >= 0.6 is 35.0 Å². The van der Waals surface area contributed by atoms with Crippen molar-refractivity contribution in [1.82, 2.24) is 4.90 Å². The molecule has 6 nitrogen and oxygen atoms in total. The minimum atomic E-state index is -0.622. The van der Waals surface area contributed by atoms with Gasteiger partial charge in [0.05, 0.1) is 15.0 Å². The Kier molecular flexibility index (Phi) is 7.88. The molecule has 5 rings (SSSR count). The van der Waals surface area contributed by atoms with Crippen LogP contribution in [0.25, 0.3) is 16.8 Å². The normalized spacial score (nSPS) is 14.3. The Balaban J connectivity index is 1.27. The van der Waals surface area contributed by atoms with E-state index in [2.05, 4.69) is 5.32 Å². The maximum Gasteiger partial charge on any atom is 0.294 e. The van der Waals surface area contributed by atoms with Gasteiger partial charge in [-0.1, -0.05) is 65.7 Å². The summed E-state index contributed by atoms with van der Waals surface area (Å²) in [6.07, 6.45) is 1.48. The van der Waals surface area contributed by atoms with Crippen LogP contribution in [0.5, 0.6) is 5.75 Å². The van der Waals surface area contributed by atoms with Crippen LogP contribution < -0.4 is 10.1 Å². The third-order valence-corrected chi connectivity index (χ3v) is 7.34. The Bertz CT molecular complexity index is 1610.